The molecule has 0 saturated heterocycles. The van der Waals surface area contributed by atoms with Crippen LogP contribution in [0.5, 0.6) is 0 Å². The predicted octanol–water partition coefficient (Wildman–Crippen LogP) is 1.40. The van der Waals surface area contributed by atoms with Gasteiger partial charge in [-0.1, -0.05) is 20.3 Å². The Morgan fingerprint density at radius 1 is 1.39 bits per heavy atom. The van der Waals surface area contributed by atoms with E-state index in [1.165, 1.54) is 6.92 Å². The van der Waals surface area contributed by atoms with Crippen LogP contribution in [0.15, 0.2) is 11.8 Å². The van der Waals surface area contributed by atoms with Crippen molar-refractivity contribution in [2.75, 3.05) is 14.1 Å². The number of carbonyl (C=O) groups is 1. The van der Waals surface area contributed by atoms with Crippen molar-refractivity contribution in [2.45, 2.75) is 38.5 Å². The van der Waals surface area contributed by atoms with Crippen LogP contribution in [-0.2, 0) is 19.6 Å². The average Bonchev–Trinajstić information content (AvgIpc) is 2.22. The molecule has 1 unspecified atom stereocenters. The summed E-state index contributed by atoms with van der Waals surface area (Å²) in [7, 11) is -0.865. The van der Waals surface area contributed by atoms with Crippen molar-refractivity contribution in [1.82, 2.24) is 4.90 Å². The monoisotopic (exact) mass is 279 g/mol. The van der Waals surface area contributed by atoms with E-state index in [0.29, 0.717) is 12.0 Å². The first-order valence-corrected chi connectivity index (χ1v) is 7.27. The van der Waals surface area contributed by atoms with Crippen molar-refractivity contribution in [2.24, 2.45) is 0 Å². The first-order chi connectivity index (χ1) is 8.22. The van der Waals surface area contributed by atoms with Crippen LogP contribution in [-0.4, -0.2) is 43.4 Å². The molecule has 0 rings (SSSR count). The standard InChI is InChI=1S/C11H21NO5S/c1-5-7-9(8-12(3)4)11(13)17-10(6-2)18(14,15)16/h8,10H,5-7H2,1-4H3,(H,14,15,16). The van der Waals surface area contributed by atoms with E-state index in [9.17, 15) is 13.2 Å². The maximum absolute atomic E-state index is 11.8. The SMILES string of the molecule is CCCC(=CN(C)C)C(=O)OC(CC)S(=O)(=O)O. The van der Waals surface area contributed by atoms with Crippen molar-refractivity contribution >= 4 is 16.1 Å². The van der Waals surface area contributed by atoms with Crippen LogP contribution in [0.4, 0.5) is 0 Å². The molecule has 0 amide bonds. The lowest BCUT2D eigenvalue weighted by atomic mass is 10.1. The lowest BCUT2D eigenvalue weighted by Crippen LogP contribution is -2.27. The van der Waals surface area contributed by atoms with Gasteiger partial charge in [-0.25, -0.2) is 4.79 Å². The van der Waals surface area contributed by atoms with Crippen LogP contribution < -0.4 is 0 Å². The number of hydrogen-bond acceptors (Lipinski definition) is 5. The van der Waals surface area contributed by atoms with E-state index in [0.717, 1.165) is 6.42 Å². The molecule has 18 heavy (non-hydrogen) atoms. The Morgan fingerprint density at radius 2 is 1.94 bits per heavy atom. The number of esters is 1. The number of nitrogens with zero attached hydrogens (tertiary/aromatic N) is 1. The summed E-state index contributed by atoms with van der Waals surface area (Å²) < 4.78 is 35.6. The van der Waals surface area contributed by atoms with Gasteiger partial charge in [0.2, 0.25) is 5.44 Å². The minimum absolute atomic E-state index is 0.00590. The summed E-state index contributed by atoms with van der Waals surface area (Å²) in [5.41, 5.74) is -1.13. The Morgan fingerprint density at radius 3 is 2.28 bits per heavy atom. The zero-order valence-corrected chi connectivity index (χ0v) is 12.0. The Bertz CT molecular complexity index is 400. The fourth-order valence-corrected chi connectivity index (χ4v) is 1.98. The van der Waals surface area contributed by atoms with Crippen LogP contribution in [0.3, 0.4) is 0 Å². The van der Waals surface area contributed by atoms with Gasteiger partial charge in [0.15, 0.2) is 0 Å². The summed E-state index contributed by atoms with van der Waals surface area (Å²) in [4.78, 5) is 13.5. The maximum atomic E-state index is 11.8. The minimum atomic E-state index is -4.37. The largest absolute Gasteiger partial charge is 0.440 e. The maximum Gasteiger partial charge on any atom is 0.336 e. The molecule has 0 aromatic rings. The first-order valence-electron chi connectivity index (χ1n) is 5.76. The molecule has 0 aliphatic carbocycles. The molecule has 0 aromatic carbocycles. The molecule has 0 aliphatic heterocycles. The van der Waals surface area contributed by atoms with Gasteiger partial charge in [0.1, 0.15) is 0 Å². The summed E-state index contributed by atoms with van der Waals surface area (Å²) in [5, 5.41) is 0. The third-order valence-corrected chi connectivity index (χ3v) is 3.19. The van der Waals surface area contributed by atoms with Crippen molar-refractivity contribution in [3.05, 3.63) is 11.8 Å². The van der Waals surface area contributed by atoms with Gasteiger partial charge in [-0.05, 0) is 12.8 Å². The van der Waals surface area contributed by atoms with E-state index in [1.807, 2.05) is 6.92 Å². The predicted molar refractivity (Wildman–Crippen MR) is 68.4 cm³/mol. The van der Waals surface area contributed by atoms with Crippen molar-refractivity contribution < 1.29 is 22.5 Å². The quantitative estimate of drug-likeness (QED) is 0.431. The highest BCUT2D eigenvalue weighted by molar-refractivity contribution is 7.86. The van der Waals surface area contributed by atoms with Gasteiger partial charge in [-0.15, -0.1) is 0 Å². The van der Waals surface area contributed by atoms with Crippen LogP contribution in [0.2, 0.25) is 0 Å². The van der Waals surface area contributed by atoms with Gasteiger partial charge < -0.3 is 9.64 Å². The third-order valence-electron chi connectivity index (χ3n) is 2.10. The zero-order chi connectivity index (χ0) is 14.3. The topological polar surface area (TPSA) is 83.9 Å². The molecule has 7 heteroatoms. The van der Waals surface area contributed by atoms with Crippen LogP contribution in [0.25, 0.3) is 0 Å². The smallest absolute Gasteiger partial charge is 0.336 e. The minimum Gasteiger partial charge on any atom is -0.440 e. The second-order valence-electron chi connectivity index (χ2n) is 4.13. The first kappa shape index (κ1) is 16.9. The molecule has 0 saturated carbocycles. The fourth-order valence-electron chi connectivity index (χ4n) is 1.35. The highest BCUT2D eigenvalue weighted by atomic mass is 32.2. The van der Waals surface area contributed by atoms with Crippen molar-refractivity contribution in [3.63, 3.8) is 0 Å². The van der Waals surface area contributed by atoms with Gasteiger partial charge in [0, 0.05) is 20.3 Å². The molecule has 0 aliphatic rings. The van der Waals surface area contributed by atoms with Crippen LogP contribution in [0.1, 0.15) is 33.1 Å². The third kappa shape index (κ3) is 6.02. The molecule has 0 heterocycles. The molecule has 106 valence electrons. The Labute approximate surface area is 108 Å². The number of rotatable bonds is 7. The number of ether oxygens (including phenoxy) is 1. The summed E-state index contributed by atoms with van der Waals surface area (Å²) in [5.74, 6) is -0.713. The molecule has 1 atom stereocenters. The van der Waals surface area contributed by atoms with E-state index in [4.69, 9.17) is 9.29 Å². The molecule has 0 bridgehead atoms. The molecule has 0 spiro atoms. The average molecular weight is 279 g/mol. The number of hydrogen-bond donors (Lipinski definition) is 1. The Kier molecular flexibility index (Phi) is 6.93. The summed E-state index contributed by atoms with van der Waals surface area (Å²) >= 11 is 0. The highest BCUT2D eigenvalue weighted by Crippen LogP contribution is 2.13. The summed E-state index contributed by atoms with van der Waals surface area (Å²) in [6.07, 6.45) is 2.81. The Balaban J connectivity index is 4.90. The lowest BCUT2D eigenvalue weighted by Gasteiger charge is -2.15. The molecular formula is C11H21NO5S. The van der Waals surface area contributed by atoms with Gasteiger partial charge in [0.25, 0.3) is 0 Å². The second kappa shape index (κ2) is 7.38. The molecule has 0 radical (unpaired) electrons. The zero-order valence-electron chi connectivity index (χ0n) is 11.2. The molecule has 1 N–H and O–H groups in total. The Hall–Kier alpha value is -1.08. The van der Waals surface area contributed by atoms with Gasteiger partial charge in [-0.2, -0.15) is 8.42 Å². The fraction of sp³-hybridized carbons (Fsp3) is 0.727. The van der Waals surface area contributed by atoms with Gasteiger partial charge in [0.05, 0.1) is 5.57 Å². The normalized spacial score (nSPS) is 14.2. The second-order valence-corrected chi connectivity index (χ2v) is 5.68. The van der Waals surface area contributed by atoms with E-state index in [-0.39, 0.29) is 6.42 Å². The van der Waals surface area contributed by atoms with E-state index in [2.05, 4.69) is 0 Å². The van der Waals surface area contributed by atoms with E-state index < -0.39 is 21.5 Å². The molecule has 0 fully saturated rings. The van der Waals surface area contributed by atoms with Gasteiger partial charge in [-0.3, -0.25) is 4.55 Å². The highest BCUT2D eigenvalue weighted by Gasteiger charge is 2.26. The van der Waals surface area contributed by atoms with Gasteiger partial charge >= 0.3 is 16.1 Å². The summed E-state index contributed by atoms with van der Waals surface area (Å²) in [6, 6.07) is 0. The molecule has 0 aromatic heterocycles. The van der Waals surface area contributed by atoms with Crippen LogP contribution in [0, 0.1) is 0 Å². The summed E-state index contributed by atoms with van der Waals surface area (Å²) in [6.45, 7) is 3.41. The van der Waals surface area contributed by atoms with Crippen molar-refractivity contribution in [3.8, 4) is 0 Å². The molecule has 6 nitrogen and oxygen atoms in total. The number of carbonyl (C=O) groups excluding carboxylic acids is 1. The molecular weight excluding hydrogens is 258 g/mol. The van der Waals surface area contributed by atoms with E-state index >= 15 is 0 Å². The lowest BCUT2D eigenvalue weighted by molar-refractivity contribution is -0.141. The van der Waals surface area contributed by atoms with E-state index in [1.54, 1.807) is 25.2 Å². The van der Waals surface area contributed by atoms with Crippen LogP contribution >= 0.6 is 0 Å². The van der Waals surface area contributed by atoms with Crippen molar-refractivity contribution in [1.29, 1.82) is 0 Å².